The van der Waals surface area contributed by atoms with Crippen molar-refractivity contribution in [1.29, 1.82) is 0 Å². The Kier molecular flexibility index (Phi) is 9.01. The van der Waals surface area contributed by atoms with Gasteiger partial charge in [-0.05, 0) is 78.1 Å². The molecular weight excluding hydrogens is 492 g/mol. The summed E-state index contributed by atoms with van der Waals surface area (Å²) in [6, 6.07) is 25.3. The predicted molar refractivity (Wildman–Crippen MR) is 145 cm³/mol. The lowest BCUT2D eigenvalue weighted by molar-refractivity contribution is -0.118. The van der Waals surface area contributed by atoms with E-state index in [2.05, 4.69) is 17.9 Å². The van der Waals surface area contributed by atoms with E-state index in [1.165, 1.54) is 0 Å². The van der Waals surface area contributed by atoms with E-state index in [0.29, 0.717) is 12.3 Å². The van der Waals surface area contributed by atoms with Crippen LogP contribution in [-0.4, -0.2) is 23.7 Å². The van der Waals surface area contributed by atoms with E-state index in [0.717, 1.165) is 51.6 Å². The predicted octanol–water partition coefficient (Wildman–Crippen LogP) is 4.13. The number of benzene rings is 3. The lowest BCUT2D eigenvalue weighted by atomic mass is 9.94. The van der Waals surface area contributed by atoms with Gasteiger partial charge in [-0.1, -0.05) is 30.3 Å². The average Bonchev–Trinajstić information content (AvgIpc) is 3.28. The molecule has 9 heteroatoms. The van der Waals surface area contributed by atoms with Gasteiger partial charge in [-0.15, -0.1) is 12.6 Å². The fourth-order valence-corrected chi connectivity index (χ4v) is 4.22. The molecule has 37 heavy (non-hydrogen) atoms. The van der Waals surface area contributed by atoms with Crippen LogP contribution < -0.4 is 20.5 Å². The van der Waals surface area contributed by atoms with Crippen molar-refractivity contribution in [2.24, 2.45) is 5.73 Å². The molecule has 1 saturated carbocycles. The SMILES string of the molecule is NCc1ccco1.O.O.O=C(Nc1cccc(-c2ccc(S)cc2)c1)C1(c2ccc3c(c2)OCO3)CC1. The third kappa shape index (κ3) is 6.15. The molecule has 1 amide bonds. The highest BCUT2D eigenvalue weighted by Crippen LogP contribution is 2.51. The Bertz CT molecular complexity index is 1320. The highest BCUT2D eigenvalue weighted by atomic mass is 32.1. The number of fused-ring (bicyclic) bond motifs is 1. The Morgan fingerprint density at radius 1 is 0.892 bits per heavy atom. The number of rotatable bonds is 5. The van der Waals surface area contributed by atoms with Gasteiger partial charge in [-0.3, -0.25) is 4.79 Å². The first-order valence-electron chi connectivity index (χ1n) is 11.4. The maximum Gasteiger partial charge on any atom is 0.235 e. The summed E-state index contributed by atoms with van der Waals surface area (Å²) >= 11 is 4.33. The highest BCUT2D eigenvalue weighted by molar-refractivity contribution is 7.80. The fraction of sp³-hybridized carbons (Fsp3) is 0.179. The summed E-state index contributed by atoms with van der Waals surface area (Å²) < 4.78 is 15.7. The molecule has 1 aromatic heterocycles. The molecule has 0 saturated heterocycles. The molecule has 1 fully saturated rings. The maximum absolute atomic E-state index is 13.1. The van der Waals surface area contributed by atoms with Crippen molar-refractivity contribution in [3.05, 3.63) is 96.4 Å². The number of ether oxygens (including phenoxy) is 2. The van der Waals surface area contributed by atoms with Crippen LogP contribution >= 0.6 is 12.6 Å². The molecule has 0 spiro atoms. The molecule has 7 N–H and O–H groups in total. The number of anilines is 1. The van der Waals surface area contributed by atoms with Crippen molar-refractivity contribution in [3.63, 3.8) is 0 Å². The number of nitrogens with two attached hydrogens (primary N) is 1. The van der Waals surface area contributed by atoms with Crippen LogP contribution in [0.4, 0.5) is 5.69 Å². The third-order valence-electron chi connectivity index (χ3n) is 6.21. The van der Waals surface area contributed by atoms with Gasteiger partial charge >= 0.3 is 0 Å². The van der Waals surface area contributed by atoms with Crippen LogP contribution in [0.3, 0.4) is 0 Å². The number of furan rings is 1. The van der Waals surface area contributed by atoms with Crippen LogP contribution in [0.5, 0.6) is 11.5 Å². The van der Waals surface area contributed by atoms with E-state index in [9.17, 15) is 4.79 Å². The normalized spacial score (nSPS) is 13.8. The number of nitrogens with one attached hydrogen (secondary N) is 1. The smallest absolute Gasteiger partial charge is 0.235 e. The fourth-order valence-electron chi connectivity index (χ4n) is 4.08. The van der Waals surface area contributed by atoms with Crippen LogP contribution in [0.1, 0.15) is 24.2 Å². The molecule has 0 unspecified atom stereocenters. The van der Waals surface area contributed by atoms with Gasteiger partial charge in [0, 0.05) is 10.6 Å². The van der Waals surface area contributed by atoms with Crippen molar-refractivity contribution in [3.8, 4) is 22.6 Å². The zero-order valence-corrected chi connectivity index (χ0v) is 21.0. The maximum atomic E-state index is 13.1. The summed E-state index contributed by atoms with van der Waals surface area (Å²) in [5.41, 5.74) is 8.64. The van der Waals surface area contributed by atoms with Crippen LogP contribution in [0.2, 0.25) is 0 Å². The van der Waals surface area contributed by atoms with Gasteiger partial charge in [0.05, 0.1) is 18.2 Å². The van der Waals surface area contributed by atoms with Crippen molar-refractivity contribution in [2.45, 2.75) is 29.7 Å². The minimum Gasteiger partial charge on any atom is -0.468 e. The monoisotopic (exact) mass is 522 g/mol. The van der Waals surface area contributed by atoms with Gasteiger partial charge in [0.1, 0.15) is 5.76 Å². The molecule has 0 atom stereocenters. The second kappa shape index (κ2) is 12.0. The number of hydrogen-bond acceptors (Lipinski definition) is 6. The zero-order valence-electron chi connectivity index (χ0n) is 20.1. The average molecular weight is 523 g/mol. The number of carbonyl (C=O) groups is 1. The van der Waals surface area contributed by atoms with Crippen LogP contribution in [0, 0.1) is 0 Å². The largest absolute Gasteiger partial charge is 0.468 e. The first kappa shape index (κ1) is 27.8. The van der Waals surface area contributed by atoms with Crippen molar-refractivity contribution in [1.82, 2.24) is 0 Å². The Labute approximate surface area is 220 Å². The number of carbonyl (C=O) groups excluding carboxylic acids is 1. The summed E-state index contributed by atoms with van der Waals surface area (Å²) in [5.74, 6) is 2.31. The van der Waals surface area contributed by atoms with E-state index in [1.54, 1.807) is 6.26 Å². The molecule has 3 aromatic carbocycles. The first-order valence-corrected chi connectivity index (χ1v) is 11.9. The summed E-state index contributed by atoms with van der Waals surface area (Å²) in [4.78, 5) is 14.0. The topological polar surface area (TPSA) is 150 Å². The zero-order chi connectivity index (χ0) is 24.3. The van der Waals surface area contributed by atoms with Gasteiger partial charge < -0.3 is 35.9 Å². The van der Waals surface area contributed by atoms with E-state index in [1.807, 2.05) is 78.9 Å². The Hall–Kier alpha value is -3.76. The Balaban J connectivity index is 0.000000369. The van der Waals surface area contributed by atoms with Crippen LogP contribution in [0.25, 0.3) is 11.1 Å². The quantitative estimate of drug-likeness (QED) is 0.337. The molecule has 6 rings (SSSR count). The van der Waals surface area contributed by atoms with Crippen molar-refractivity contribution in [2.75, 3.05) is 12.1 Å². The number of hydrogen-bond donors (Lipinski definition) is 3. The molecule has 1 aliphatic carbocycles. The van der Waals surface area contributed by atoms with Gasteiger partial charge in [-0.2, -0.15) is 0 Å². The van der Waals surface area contributed by atoms with Gasteiger partial charge in [0.15, 0.2) is 11.5 Å². The van der Waals surface area contributed by atoms with Crippen LogP contribution in [-0.2, 0) is 16.8 Å². The van der Waals surface area contributed by atoms with Crippen molar-refractivity contribution < 1.29 is 29.6 Å². The second-order valence-corrected chi connectivity index (χ2v) is 9.03. The first-order chi connectivity index (χ1) is 17.1. The standard InChI is InChI=1S/C23H19NO3S.C5H7NO.2H2O/c25-22(23(10-11-23)17-6-9-20-21(13-17)27-14-26-20)24-18-3-1-2-16(12-18)15-4-7-19(28)8-5-15;6-4-5-2-1-3-7-5;;/h1-9,12-13,28H,10-11,14H2,(H,24,25);1-3H,4,6H2;2*1H2. The molecule has 8 nitrogen and oxygen atoms in total. The molecule has 0 radical (unpaired) electrons. The molecule has 2 heterocycles. The minimum atomic E-state index is -0.481. The van der Waals surface area contributed by atoms with E-state index in [4.69, 9.17) is 19.6 Å². The van der Waals surface area contributed by atoms with E-state index >= 15 is 0 Å². The molecule has 2 aliphatic rings. The van der Waals surface area contributed by atoms with E-state index in [-0.39, 0.29) is 23.7 Å². The number of amides is 1. The lowest BCUT2D eigenvalue weighted by Gasteiger charge is -2.17. The van der Waals surface area contributed by atoms with Gasteiger partial charge in [0.2, 0.25) is 12.7 Å². The molecule has 4 aromatic rings. The van der Waals surface area contributed by atoms with Crippen molar-refractivity contribution >= 4 is 24.2 Å². The Morgan fingerprint density at radius 2 is 1.65 bits per heavy atom. The number of thiol groups is 1. The molecule has 1 aliphatic heterocycles. The third-order valence-corrected chi connectivity index (χ3v) is 6.51. The van der Waals surface area contributed by atoms with Gasteiger partial charge in [-0.25, -0.2) is 0 Å². The van der Waals surface area contributed by atoms with Gasteiger partial charge in [0.25, 0.3) is 0 Å². The molecule has 194 valence electrons. The summed E-state index contributed by atoms with van der Waals surface area (Å²) in [6.07, 6.45) is 3.28. The Morgan fingerprint density at radius 3 is 2.30 bits per heavy atom. The second-order valence-electron chi connectivity index (χ2n) is 8.52. The summed E-state index contributed by atoms with van der Waals surface area (Å²) in [5, 5.41) is 3.11. The lowest BCUT2D eigenvalue weighted by Crippen LogP contribution is -2.27. The minimum absolute atomic E-state index is 0. The molecule has 0 bridgehead atoms. The van der Waals surface area contributed by atoms with E-state index < -0.39 is 5.41 Å². The summed E-state index contributed by atoms with van der Waals surface area (Å²) in [6.45, 7) is 0.728. The molecular formula is C28H30N2O6S. The van der Waals surface area contributed by atoms with Crippen LogP contribution in [0.15, 0.2) is 94.4 Å². The highest BCUT2D eigenvalue weighted by Gasteiger charge is 2.51. The summed E-state index contributed by atoms with van der Waals surface area (Å²) in [7, 11) is 0.